The molecule has 2 aromatic carbocycles. The average molecular weight is 458 g/mol. The van der Waals surface area contributed by atoms with Crippen molar-refractivity contribution in [3.63, 3.8) is 0 Å². The SMILES string of the molecule is Cc1cc(OCCCC(=O)N2CCC(C(=O)c3ccc4c(c3)OCCO4)CC2)ccc1Cl. The van der Waals surface area contributed by atoms with Crippen LogP contribution in [0, 0.1) is 12.8 Å². The lowest BCUT2D eigenvalue weighted by atomic mass is 9.88. The maximum atomic E-state index is 12.9. The van der Waals surface area contributed by atoms with E-state index in [2.05, 4.69) is 0 Å². The number of carbonyl (C=O) groups is 2. The van der Waals surface area contributed by atoms with Gasteiger partial charge in [0.05, 0.1) is 6.61 Å². The molecule has 2 aromatic rings. The molecular formula is C25H28ClNO5. The number of piperidine rings is 1. The third-order valence-corrected chi connectivity index (χ3v) is 6.40. The lowest BCUT2D eigenvalue weighted by Crippen LogP contribution is -2.40. The Bertz CT molecular complexity index is 984. The molecule has 1 saturated heterocycles. The molecule has 1 amide bonds. The summed E-state index contributed by atoms with van der Waals surface area (Å²) in [4.78, 5) is 27.3. The van der Waals surface area contributed by atoms with Crippen molar-refractivity contribution >= 4 is 23.3 Å². The van der Waals surface area contributed by atoms with E-state index in [1.54, 1.807) is 18.2 Å². The van der Waals surface area contributed by atoms with E-state index >= 15 is 0 Å². The second-order valence-corrected chi connectivity index (χ2v) is 8.65. The van der Waals surface area contributed by atoms with E-state index in [1.165, 1.54) is 0 Å². The van der Waals surface area contributed by atoms with Gasteiger partial charge in [-0.25, -0.2) is 0 Å². The molecular weight excluding hydrogens is 430 g/mol. The minimum atomic E-state index is -0.0712. The third-order valence-electron chi connectivity index (χ3n) is 5.98. The fraction of sp³-hybridized carbons (Fsp3) is 0.440. The molecule has 0 spiro atoms. The Morgan fingerprint density at radius 2 is 1.81 bits per heavy atom. The maximum absolute atomic E-state index is 12.9. The summed E-state index contributed by atoms with van der Waals surface area (Å²) in [7, 11) is 0. The molecule has 0 N–H and O–H groups in total. The van der Waals surface area contributed by atoms with Crippen LogP contribution in [0.1, 0.15) is 41.6 Å². The van der Waals surface area contributed by atoms with E-state index in [4.69, 9.17) is 25.8 Å². The summed E-state index contributed by atoms with van der Waals surface area (Å²) in [6, 6.07) is 10.9. The number of fused-ring (bicyclic) bond motifs is 1. The highest BCUT2D eigenvalue weighted by Crippen LogP contribution is 2.32. The molecule has 0 radical (unpaired) electrons. The van der Waals surface area contributed by atoms with Crippen molar-refractivity contribution in [1.29, 1.82) is 0 Å². The summed E-state index contributed by atoms with van der Waals surface area (Å²) in [6.45, 7) is 4.65. The molecule has 0 aromatic heterocycles. The summed E-state index contributed by atoms with van der Waals surface area (Å²) >= 11 is 6.02. The summed E-state index contributed by atoms with van der Waals surface area (Å²) in [5.41, 5.74) is 1.61. The Kier molecular flexibility index (Phi) is 7.20. The minimum absolute atomic E-state index is 0.0712. The molecule has 4 rings (SSSR count). The smallest absolute Gasteiger partial charge is 0.222 e. The molecule has 6 nitrogen and oxygen atoms in total. The first kappa shape index (κ1) is 22.5. The van der Waals surface area contributed by atoms with E-state index in [0.717, 1.165) is 11.3 Å². The van der Waals surface area contributed by atoms with Gasteiger partial charge >= 0.3 is 0 Å². The molecule has 32 heavy (non-hydrogen) atoms. The Balaban J connectivity index is 1.20. The lowest BCUT2D eigenvalue weighted by Gasteiger charge is -2.31. The molecule has 2 heterocycles. The van der Waals surface area contributed by atoms with Gasteiger partial charge in [-0.05, 0) is 68.1 Å². The van der Waals surface area contributed by atoms with E-state index in [0.29, 0.717) is 80.7 Å². The molecule has 2 aliphatic rings. The van der Waals surface area contributed by atoms with Crippen LogP contribution in [0.4, 0.5) is 0 Å². The number of rotatable bonds is 7. The number of halogens is 1. The predicted molar refractivity (Wildman–Crippen MR) is 122 cm³/mol. The van der Waals surface area contributed by atoms with Crippen LogP contribution >= 0.6 is 11.6 Å². The Hall–Kier alpha value is -2.73. The summed E-state index contributed by atoms with van der Waals surface area (Å²) < 4.78 is 16.8. The number of carbonyl (C=O) groups excluding carboxylic acids is 2. The number of likely N-dealkylation sites (tertiary alicyclic amines) is 1. The highest BCUT2D eigenvalue weighted by Gasteiger charge is 2.28. The molecule has 7 heteroatoms. The number of ketones is 1. The van der Waals surface area contributed by atoms with Gasteiger partial charge < -0.3 is 19.1 Å². The monoisotopic (exact) mass is 457 g/mol. The number of hydrogen-bond acceptors (Lipinski definition) is 5. The Morgan fingerprint density at radius 1 is 1.06 bits per heavy atom. The fourth-order valence-electron chi connectivity index (χ4n) is 4.10. The van der Waals surface area contributed by atoms with Crippen molar-refractivity contribution in [2.24, 2.45) is 5.92 Å². The van der Waals surface area contributed by atoms with Crippen LogP contribution in [-0.4, -0.2) is 49.5 Å². The number of hydrogen-bond donors (Lipinski definition) is 0. The van der Waals surface area contributed by atoms with Crippen molar-refractivity contribution < 1.29 is 23.8 Å². The zero-order valence-corrected chi connectivity index (χ0v) is 19.0. The van der Waals surface area contributed by atoms with Crippen LogP contribution in [-0.2, 0) is 4.79 Å². The van der Waals surface area contributed by atoms with Crippen LogP contribution in [0.3, 0.4) is 0 Å². The zero-order chi connectivity index (χ0) is 22.5. The van der Waals surface area contributed by atoms with Crippen LogP contribution in [0.25, 0.3) is 0 Å². The molecule has 0 atom stereocenters. The predicted octanol–water partition coefficient (Wildman–Crippen LogP) is 4.70. The number of amides is 1. The van der Waals surface area contributed by atoms with Gasteiger partial charge in [-0.2, -0.15) is 0 Å². The second kappa shape index (κ2) is 10.3. The van der Waals surface area contributed by atoms with Crippen molar-refractivity contribution in [1.82, 2.24) is 4.90 Å². The van der Waals surface area contributed by atoms with E-state index in [1.807, 2.05) is 30.0 Å². The molecule has 0 saturated carbocycles. The first-order chi connectivity index (χ1) is 15.5. The number of aryl methyl sites for hydroxylation is 1. The molecule has 0 unspecified atom stereocenters. The van der Waals surface area contributed by atoms with Gasteiger partial charge in [-0.1, -0.05) is 11.6 Å². The van der Waals surface area contributed by atoms with Crippen LogP contribution in [0.15, 0.2) is 36.4 Å². The largest absolute Gasteiger partial charge is 0.494 e. The van der Waals surface area contributed by atoms with Crippen LogP contribution in [0.5, 0.6) is 17.2 Å². The van der Waals surface area contributed by atoms with Gasteiger partial charge in [0.15, 0.2) is 17.3 Å². The number of Topliss-reactive ketones (excluding diaryl/α,β-unsaturated/α-hetero) is 1. The van der Waals surface area contributed by atoms with Crippen molar-refractivity contribution in [3.8, 4) is 17.2 Å². The summed E-state index contributed by atoms with van der Waals surface area (Å²) in [5.74, 6) is 2.23. The van der Waals surface area contributed by atoms with E-state index < -0.39 is 0 Å². The normalized spacial score (nSPS) is 16.0. The highest BCUT2D eigenvalue weighted by atomic mass is 35.5. The summed E-state index contributed by atoms with van der Waals surface area (Å²) in [5, 5.41) is 0.711. The van der Waals surface area contributed by atoms with Crippen LogP contribution < -0.4 is 14.2 Å². The van der Waals surface area contributed by atoms with Crippen molar-refractivity contribution in [3.05, 3.63) is 52.5 Å². The first-order valence-corrected chi connectivity index (χ1v) is 11.5. The number of ether oxygens (including phenoxy) is 3. The number of nitrogens with zero attached hydrogens (tertiary/aromatic N) is 1. The van der Waals surface area contributed by atoms with E-state index in [9.17, 15) is 9.59 Å². The van der Waals surface area contributed by atoms with Gasteiger partial charge in [0.2, 0.25) is 5.91 Å². The summed E-state index contributed by atoms with van der Waals surface area (Å²) in [6.07, 6.45) is 2.45. The molecule has 0 bridgehead atoms. The quantitative estimate of drug-likeness (QED) is 0.445. The highest BCUT2D eigenvalue weighted by molar-refractivity contribution is 6.31. The molecule has 0 aliphatic carbocycles. The van der Waals surface area contributed by atoms with Crippen molar-refractivity contribution in [2.45, 2.75) is 32.6 Å². The second-order valence-electron chi connectivity index (χ2n) is 8.24. The average Bonchev–Trinajstić information content (AvgIpc) is 2.83. The van der Waals surface area contributed by atoms with Gasteiger partial charge in [0.25, 0.3) is 0 Å². The number of benzene rings is 2. The molecule has 170 valence electrons. The molecule has 1 fully saturated rings. The van der Waals surface area contributed by atoms with Gasteiger partial charge in [0, 0.05) is 36.0 Å². The standard InChI is InChI=1S/C25H28ClNO5/c1-17-15-20(5-6-21(17)26)30-12-2-3-24(28)27-10-8-18(9-11-27)25(29)19-4-7-22-23(16-19)32-14-13-31-22/h4-7,15-16,18H,2-3,8-14H2,1H3. The van der Waals surface area contributed by atoms with Crippen molar-refractivity contribution in [2.75, 3.05) is 32.9 Å². The Morgan fingerprint density at radius 3 is 2.56 bits per heavy atom. The first-order valence-electron chi connectivity index (χ1n) is 11.1. The van der Waals surface area contributed by atoms with E-state index in [-0.39, 0.29) is 17.6 Å². The minimum Gasteiger partial charge on any atom is -0.494 e. The topological polar surface area (TPSA) is 65.1 Å². The van der Waals surface area contributed by atoms with Crippen LogP contribution in [0.2, 0.25) is 5.02 Å². The zero-order valence-electron chi connectivity index (χ0n) is 18.3. The lowest BCUT2D eigenvalue weighted by molar-refractivity contribution is -0.132. The van der Waals surface area contributed by atoms with Gasteiger partial charge in [-0.3, -0.25) is 9.59 Å². The maximum Gasteiger partial charge on any atom is 0.222 e. The Labute approximate surface area is 193 Å². The molecule has 2 aliphatic heterocycles. The fourth-order valence-corrected chi connectivity index (χ4v) is 4.22. The third kappa shape index (κ3) is 5.36. The van der Waals surface area contributed by atoms with Gasteiger partial charge in [0.1, 0.15) is 19.0 Å². The van der Waals surface area contributed by atoms with Gasteiger partial charge in [-0.15, -0.1) is 0 Å².